The summed E-state index contributed by atoms with van der Waals surface area (Å²) in [6.45, 7) is 0.801. The molecule has 0 fully saturated rings. The Morgan fingerprint density at radius 2 is 1.78 bits per heavy atom. The van der Waals surface area contributed by atoms with Crippen LogP contribution in [0.3, 0.4) is 0 Å². The van der Waals surface area contributed by atoms with Gasteiger partial charge in [-0.05, 0) is 52.4 Å². The Hall–Kier alpha value is -1.54. The molecule has 0 bridgehead atoms. The number of rotatable bonds is 3. The summed E-state index contributed by atoms with van der Waals surface area (Å²) in [7, 11) is 2.01. The minimum atomic E-state index is 0.713. The maximum absolute atomic E-state index is 9.09. The van der Waals surface area contributed by atoms with Gasteiger partial charge in [0.1, 0.15) is 6.07 Å². The van der Waals surface area contributed by atoms with Crippen molar-refractivity contribution in [2.45, 2.75) is 6.54 Å². The molecule has 2 rings (SSSR count). The van der Waals surface area contributed by atoms with Gasteiger partial charge in [-0.1, -0.05) is 24.3 Å². The molecule has 90 valence electrons. The second kappa shape index (κ2) is 5.87. The molecule has 2 aromatic rings. The fraction of sp³-hybridized carbons (Fsp3) is 0.133. The molecular formula is C15H13IN2. The maximum atomic E-state index is 9.09. The highest BCUT2D eigenvalue weighted by molar-refractivity contribution is 14.1. The average Bonchev–Trinajstić information content (AvgIpc) is 2.41. The number of nitrogens with zero attached hydrogens (tertiary/aromatic N) is 2. The van der Waals surface area contributed by atoms with Gasteiger partial charge in [0.25, 0.3) is 0 Å². The number of halogens is 1. The Morgan fingerprint density at radius 1 is 1.11 bits per heavy atom. The summed E-state index contributed by atoms with van der Waals surface area (Å²) in [5.41, 5.74) is 2.93. The molecule has 0 spiro atoms. The van der Waals surface area contributed by atoms with Gasteiger partial charge in [-0.3, -0.25) is 0 Å². The van der Waals surface area contributed by atoms with Crippen molar-refractivity contribution < 1.29 is 0 Å². The molecule has 0 aliphatic rings. The van der Waals surface area contributed by atoms with Crippen molar-refractivity contribution in [3.8, 4) is 6.07 Å². The third-order valence-corrected chi connectivity index (χ3v) is 3.49. The molecule has 0 amide bonds. The largest absolute Gasteiger partial charge is 0.369 e. The number of anilines is 1. The molecule has 0 heterocycles. The van der Waals surface area contributed by atoms with Crippen LogP contribution in [0.1, 0.15) is 11.1 Å². The van der Waals surface area contributed by atoms with Crippen LogP contribution in [0.5, 0.6) is 0 Å². The lowest BCUT2D eigenvalue weighted by Crippen LogP contribution is -2.17. The monoisotopic (exact) mass is 348 g/mol. The molecule has 0 saturated heterocycles. The van der Waals surface area contributed by atoms with Gasteiger partial charge in [0, 0.05) is 17.2 Å². The van der Waals surface area contributed by atoms with E-state index in [4.69, 9.17) is 5.26 Å². The van der Waals surface area contributed by atoms with E-state index in [2.05, 4.69) is 57.8 Å². The van der Waals surface area contributed by atoms with Gasteiger partial charge < -0.3 is 4.90 Å². The van der Waals surface area contributed by atoms with E-state index in [1.54, 1.807) is 0 Å². The van der Waals surface area contributed by atoms with E-state index in [1.807, 2.05) is 31.3 Å². The molecule has 0 aromatic heterocycles. The third-order valence-electron chi connectivity index (χ3n) is 2.77. The van der Waals surface area contributed by atoms with Gasteiger partial charge in [0.15, 0.2) is 0 Å². The summed E-state index contributed by atoms with van der Waals surface area (Å²) in [6, 6.07) is 18.3. The zero-order chi connectivity index (χ0) is 13.0. The maximum Gasteiger partial charge on any atom is 0.101 e. The molecule has 18 heavy (non-hydrogen) atoms. The van der Waals surface area contributed by atoms with Gasteiger partial charge >= 0.3 is 0 Å². The Labute approximate surface area is 121 Å². The minimum absolute atomic E-state index is 0.713. The number of hydrogen-bond donors (Lipinski definition) is 0. The van der Waals surface area contributed by atoms with Crippen molar-refractivity contribution in [1.82, 2.24) is 0 Å². The lowest BCUT2D eigenvalue weighted by atomic mass is 10.1. The molecule has 0 saturated carbocycles. The molecule has 0 radical (unpaired) electrons. The van der Waals surface area contributed by atoms with Crippen LogP contribution in [0.2, 0.25) is 0 Å². The van der Waals surface area contributed by atoms with Crippen molar-refractivity contribution in [3.05, 3.63) is 63.2 Å². The topological polar surface area (TPSA) is 27.0 Å². The van der Waals surface area contributed by atoms with Crippen molar-refractivity contribution in [3.63, 3.8) is 0 Å². The first-order valence-corrected chi connectivity index (χ1v) is 6.73. The minimum Gasteiger partial charge on any atom is -0.369 e. The predicted molar refractivity (Wildman–Crippen MR) is 82.4 cm³/mol. The second-order valence-corrected chi connectivity index (χ2v) is 5.36. The fourth-order valence-corrected chi connectivity index (χ4v) is 2.21. The van der Waals surface area contributed by atoms with E-state index < -0.39 is 0 Å². The van der Waals surface area contributed by atoms with Gasteiger partial charge in [-0.25, -0.2) is 0 Å². The van der Waals surface area contributed by atoms with Crippen LogP contribution in [0, 0.1) is 14.9 Å². The third kappa shape index (κ3) is 3.02. The summed E-state index contributed by atoms with van der Waals surface area (Å²) < 4.78 is 1.23. The van der Waals surface area contributed by atoms with Gasteiger partial charge in [-0.2, -0.15) is 5.26 Å². The molecule has 2 aromatic carbocycles. The predicted octanol–water partition coefficient (Wildman–Crippen LogP) is 3.80. The van der Waals surface area contributed by atoms with Gasteiger partial charge in [0.05, 0.1) is 11.3 Å². The first kappa shape index (κ1) is 12.9. The Kier molecular flexibility index (Phi) is 4.21. The molecule has 3 heteroatoms. The summed E-state index contributed by atoms with van der Waals surface area (Å²) >= 11 is 2.30. The Morgan fingerprint density at radius 3 is 2.44 bits per heavy atom. The average molecular weight is 348 g/mol. The summed E-state index contributed by atoms with van der Waals surface area (Å²) in [5, 5.41) is 9.09. The zero-order valence-electron chi connectivity index (χ0n) is 10.1. The van der Waals surface area contributed by atoms with Crippen LogP contribution in [0.15, 0.2) is 48.5 Å². The van der Waals surface area contributed by atoms with Crippen molar-refractivity contribution in [2.75, 3.05) is 11.9 Å². The summed E-state index contributed by atoms with van der Waals surface area (Å²) in [6.07, 6.45) is 0. The highest BCUT2D eigenvalue weighted by Crippen LogP contribution is 2.20. The molecule has 0 aliphatic heterocycles. The summed E-state index contributed by atoms with van der Waals surface area (Å²) in [5.74, 6) is 0. The number of hydrogen-bond acceptors (Lipinski definition) is 2. The second-order valence-electron chi connectivity index (χ2n) is 4.11. The van der Waals surface area contributed by atoms with Crippen LogP contribution in [0.4, 0.5) is 5.69 Å². The van der Waals surface area contributed by atoms with E-state index >= 15 is 0 Å². The van der Waals surface area contributed by atoms with Crippen molar-refractivity contribution in [2.24, 2.45) is 0 Å². The lowest BCUT2D eigenvalue weighted by Gasteiger charge is -2.20. The first-order valence-electron chi connectivity index (χ1n) is 5.65. The Bertz CT molecular complexity index is 570. The summed E-state index contributed by atoms with van der Waals surface area (Å²) in [4.78, 5) is 2.10. The number of para-hydroxylation sites is 1. The lowest BCUT2D eigenvalue weighted by molar-refractivity contribution is 0.920. The Balaban J connectivity index is 2.19. The van der Waals surface area contributed by atoms with Crippen LogP contribution in [-0.2, 0) is 6.54 Å². The zero-order valence-corrected chi connectivity index (χ0v) is 12.3. The van der Waals surface area contributed by atoms with Crippen LogP contribution >= 0.6 is 22.6 Å². The molecule has 0 N–H and O–H groups in total. The molecular weight excluding hydrogens is 335 g/mol. The van der Waals surface area contributed by atoms with Crippen LogP contribution in [-0.4, -0.2) is 7.05 Å². The van der Waals surface area contributed by atoms with Crippen molar-refractivity contribution >= 4 is 28.3 Å². The van der Waals surface area contributed by atoms with E-state index in [-0.39, 0.29) is 0 Å². The number of nitriles is 1. The fourth-order valence-electron chi connectivity index (χ4n) is 1.85. The van der Waals surface area contributed by atoms with E-state index in [1.165, 1.54) is 9.13 Å². The molecule has 0 unspecified atom stereocenters. The molecule has 0 atom stereocenters. The van der Waals surface area contributed by atoms with Crippen molar-refractivity contribution in [1.29, 1.82) is 5.26 Å². The van der Waals surface area contributed by atoms with Crippen LogP contribution in [0.25, 0.3) is 0 Å². The van der Waals surface area contributed by atoms with Gasteiger partial charge in [0.2, 0.25) is 0 Å². The van der Waals surface area contributed by atoms with E-state index in [0.29, 0.717) is 5.56 Å². The molecule has 2 nitrogen and oxygen atoms in total. The van der Waals surface area contributed by atoms with Crippen LogP contribution < -0.4 is 4.90 Å². The highest BCUT2D eigenvalue weighted by atomic mass is 127. The quantitative estimate of drug-likeness (QED) is 0.789. The van der Waals surface area contributed by atoms with E-state index in [9.17, 15) is 0 Å². The highest BCUT2D eigenvalue weighted by Gasteiger charge is 2.06. The standard InChI is InChI=1S/C15H13IN2/c1-18(11-12-6-8-14(16)9-7-12)15-5-3-2-4-13(15)10-17/h2-9H,11H2,1H3. The van der Waals surface area contributed by atoms with E-state index in [0.717, 1.165) is 12.2 Å². The smallest absolute Gasteiger partial charge is 0.101 e. The SMILES string of the molecule is CN(Cc1ccc(I)cc1)c1ccccc1C#N. The number of benzene rings is 2. The molecule has 0 aliphatic carbocycles. The first-order chi connectivity index (χ1) is 8.70. The normalized spacial score (nSPS) is 9.83. The van der Waals surface area contributed by atoms with Gasteiger partial charge in [-0.15, -0.1) is 0 Å².